The van der Waals surface area contributed by atoms with E-state index in [0.717, 1.165) is 33.4 Å². The van der Waals surface area contributed by atoms with Gasteiger partial charge in [-0.15, -0.1) is 0 Å². The summed E-state index contributed by atoms with van der Waals surface area (Å²) in [7, 11) is 0. The van der Waals surface area contributed by atoms with Crippen LogP contribution in [0.5, 0.6) is 0 Å². The molecule has 2 aromatic rings. The molecular weight excluding hydrogens is 460 g/mol. The van der Waals surface area contributed by atoms with Gasteiger partial charge in [-0.2, -0.15) is 10.5 Å². The summed E-state index contributed by atoms with van der Waals surface area (Å²) < 4.78 is 0. The van der Waals surface area contributed by atoms with E-state index >= 15 is 0 Å². The minimum Gasteiger partial charge on any atom is -0.192 e. The molecule has 0 amide bonds. The lowest BCUT2D eigenvalue weighted by molar-refractivity contribution is 1.47. The van der Waals surface area contributed by atoms with Crippen LogP contribution in [0.2, 0.25) is 0 Å². The Kier molecular flexibility index (Phi) is 12.9. The second-order valence-electron chi connectivity index (χ2n) is 8.88. The van der Waals surface area contributed by atoms with E-state index in [1.807, 2.05) is 85.0 Å². The summed E-state index contributed by atoms with van der Waals surface area (Å²) in [5.74, 6) is 0. The third-order valence-electron chi connectivity index (χ3n) is 5.42. The summed E-state index contributed by atoms with van der Waals surface area (Å²) in [5, 5.41) is 17.7. The van der Waals surface area contributed by atoms with Crippen LogP contribution in [-0.4, -0.2) is 0 Å². The fourth-order valence-electron chi connectivity index (χ4n) is 3.13. The molecular formula is C36H34N2. The number of benzene rings is 2. The standard InChI is InChI=1S/C36H34N2/c1-29(11-7-13-31(3)15-17-33-19-23-35(27-37)24-20-33)9-5-6-10-30(2)12-8-14-32(4)16-18-34-21-25-36(28-38)26-22-34/h5-26H,1-4H3. The number of nitrogens with zero attached hydrogens (tertiary/aromatic N) is 2. The Morgan fingerprint density at radius 2 is 0.789 bits per heavy atom. The Morgan fingerprint density at radius 3 is 1.13 bits per heavy atom. The van der Waals surface area contributed by atoms with Gasteiger partial charge in [0, 0.05) is 0 Å². The van der Waals surface area contributed by atoms with Crippen LogP contribution in [0.4, 0.5) is 0 Å². The largest absolute Gasteiger partial charge is 0.192 e. The van der Waals surface area contributed by atoms with Gasteiger partial charge in [-0.3, -0.25) is 0 Å². The maximum Gasteiger partial charge on any atom is 0.0991 e. The first-order valence-corrected chi connectivity index (χ1v) is 12.5. The summed E-state index contributed by atoms with van der Waals surface area (Å²) in [6, 6.07) is 19.3. The van der Waals surface area contributed by atoms with Gasteiger partial charge >= 0.3 is 0 Å². The highest BCUT2D eigenvalue weighted by Gasteiger charge is 1.90. The number of hydrogen-bond acceptors (Lipinski definition) is 2. The van der Waals surface area contributed by atoms with Crippen LogP contribution in [0.25, 0.3) is 12.2 Å². The van der Waals surface area contributed by atoms with E-state index in [2.05, 4.69) is 88.4 Å². The third kappa shape index (κ3) is 12.2. The average molecular weight is 495 g/mol. The van der Waals surface area contributed by atoms with Crippen LogP contribution in [0.3, 0.4) is 0 Å². The van der Waals surface area contributed by atoms with Crippen LogP contribution >= 0.6 is 0 Å². The van der Waals surface area contributed by atoms with Gasteiger partial charge in [-0.1, -0.05) is 132 Å². The number of nitriles is 2. The summed E-state index contributed by atoms with van der Waals surface area (Å²) in [6.07, 6.45) is 28.9. The summed E-state index contributed by atoms with van der Waals surface area (Å²) in [6.45, 7) is 8.28. The molecule has 2 rings (SSSR count). The molecule has 0 spiro atoms. The maximum absolute atomic E-state index is 8.87. The molecule has 0 aliphatic rings. The minimum absolute atomic E-state index is 0.671. The summed E-state index contributed by atoms with van der Waals surface area (Å²) in [4.78, 5) is 0. The Hall–Kier alpha value is -4.92. The van der Waals surface area contributed by atoms with E-state index in [4.69, 9.17) is 10.5 Å². The molecule has 0 saturated heterocycles. The first-order valence-electron chi connectivity index (χ1n) is 12.5. The molecule has 188 valence electrons. The van der Waals surface area contributed by atoms with Crippen LogP contribution in [-0.2, 0) is 0 Å². The zero-order valence-electron chi connectivity index (χ0n) is 22.6. The van der Waals surface area contributed by atoms with Crippen LogP contribution in [0.1, 0.15) is 49.9 Å². The molecule has 0 atom stereocenters. The van der Waals surface area contributed by atoms with E-state index in [1.54, 1.807) is 0 Å². The first-order chi connectivity index (χ1) is 18.4. The number of hydrogen-bond donors (Lipinski definition) is 0. The molecule has 0 fully saturated rings. The molecule has 0 N–H and O–H groups in total. The Morgan fingerprint density at radius 1 is 0.474 bits per heavy atom. The maximum atomic E-state index is 8.87. The Labute approximate surface area is 228 Å². The predicted octanol–water partition coefficient (Wildman–Crippen LogP) is 9.61. The highest BCUT2D eigenvalue weighted by Crippen LogP contribution is 2.09. The van der Waals surface area contributed by atoms with Crippen molar-refractivity contribution in [3.8, 4) is 12.1 Å². The molecule has 2 nitrogen and oxygen atoms in total. The smallest absolute Gasteiger partial charge is 0.0991 e. The molecule has 0 saturated carbocycles. The highest BCUT2D eigenvalue weighted by molar-refractivity contribution is 5.55. The molecule has 0 bridgehead atoms. The van der Waals surface area contributed by atoms with Gasteiger partial charge in [0.1, 0.15) is 0 Å². The van der Waals surface area contributed by atoms with Crippen LogP contribution in [0, 0.1) is 22.7 Å². The van der Waals surface area contributed by atoms with Crippen molar-refractivity contribution >= 4 is 12.2 Å². The van der Waals surface area contributed by atoms with Gasteiger partial charge in [0.05, 0.1) is 23.3 Å². The second kappa shape index (κ2) is 16.7. The average Bonchev–Trinajstić information content (AvgIpc) is 2.93. The minimum atomic E-state index is 0.671. The van der Waals surface area contributed by atoms with Gasteiger partial charge in [-0.25, -0.2) is 0 Å². The third-order valence-corrected chi connectivity index (χ3v) is 5.42. The van der Waals surface area contributed by atoms with Crippen molar-refractivity contribution in [1.82, 2.24) is 0 Å². The number of rotatable bonds is 10. The normalized spacial score (nSPS) is 13.8. The van der Waals surface area contributed by atoms with Crippen molar-refractivity contribution in [3.05, 3.63) is 166 Å². The van der Waals surface area contributed by atoms with Crippen LogP contribution < -0.4 is 0 Å². The molecule has 38 heavy (non-hydrogen) atoms. The van der Waals surface area contributed by atoms with E-state index in [-0.39, 0.29) is 0 Å². The molecule has 0 aliphatic carbocycles. The lowest BCUT2D eigenvalue weighted by atomic mass is 10.1. The molecule has 0 aromatic heterocycles. The van der Waals surface area contributed by atoms with Gasteiger partial charge in [0.2, 0.25) is 0 Å². The van der Waals surface area contributed by atoms with Gasteiger partial charge in [0.25, 0.3) is 0 Å². The SMILES string of the molecule is CC(C=CC=C(C)C=Cc1ccc(C#N)cc1)=CC=CC=C(C)C=CC=C(C)C=Cc1ccc(C#N)cc1. The predicted molar refractivity (Wildman–Crippen MR) is 163 cm³/mol. The molecule has 2 aromatic carbocycles. The van der Waals surface area contributed by atoms with E-state index in [1.165, 1.54) is 0 Å². The van der Waals surface area contributed by atoms with Crippen molar-refractivity contribution in [2.75, 3.05) is 0 Å². The Balaban J connectivity index is 1.82. The van der Waals surface area contributed by atoms with Crippen molar-refractivity contribution in [2.45, 2.75) is 27.7 Å². The second-order valence-corrected chi connectivity index (χ2v) is 8.88. The first kappa shape index (κ1) is 29.3. The lowest BCUT2D eigenvalue weighted by Gasteiger charge is -1.94. The van der Waals surface area contributed by atoms with Gasteiger partial charge < -0.3 is 0 Å². The number of allylic oxidation sites excluding steroid dienone is 16. The molecule has 0 heterocycles. The van der Waals surface area contributed by atoms with Crippen molar-refractivity contribution in [3.63, 3.8) is 0 Å². The Bertz CT molecular complexity index is 1300. The molecule has 0 radical (unpaired) electrons. The molecule has 0 aliphatic heterocycles. The van der Waals surface area contributed by atoms with Crippen molar-refractivity contribution in [1.29, 1.82) is 10.5 Å². The lowest BCUT2D eigenvalue weighted by Crippen LogP contribution is -1.75. The quantitative estimate of drug-likeness (QED) is 0.309. The van der Waals surface area contributed by atoms with E-state index in [0.29, 0.717) is 11.1 Å². The summed E-state index contributed by atoms with van der Waals surface area (Å²) in [5.41, 5.74) is 8.10. The zero-order valence-corrected chi connectivity index (χ0v) is 22.6. The monoisotopic (exact) mass is 494 g/mol. The molecule has 0 unspecified atom stereocenters. The molecule has 2 heteroatoms. The fraction of sp³-hybridized carbons (Fsp3) is 0.111. The van der Waals surface area contributed by atoms with Gasteiger partial charge in [-0.05, 0) is 63.1 Å². The van der Waals surface area contributed by atoms with E-state index < -0.39 is 0 Å². The van der Waals surface area contributed by atoms with Crippen molar-refractivity contribution in [2.24, 2.45) is 0 Å². The van der Waals surface area contributed by atoms with Gasteiger partial charge in [0.15, 0.2) is 0 Å². The summed E-state index contributed by atoms with van der Waals surface area (Å²) >= 11 is 0. The zero-order chi connectivity index (χ0) is 27.6. The highest BCUT2D eigenvalue weighted by atomic mass is 14.2. The van der Waals surface area contributed by atoms with E-state index in [9.17, 15) is 0 Å². The fourth-order valence-corrected chi connectivity index (χ4v) is 3.13. The van der Waals surface area contributed by atoms with Crippen molar-refractivity contribution < 1.29 is 0 Å². The topological polar surface area (TPSA) is 47.6 Å². The van der Waals surface area contributed by atoms with Crippen LogP contribution in [0.15, 0.2) is 144 Å².